The van der Waals surface area contributed by atoms with Crippen LogP contribution in [0.3, 0.4) is 0 Å². The molecule has 0 aliphatic heterocycles. The molecule has 1 amide bonds. The van der Waals surface area contributed by atoms with Crippen LogP contribution in [0.5, 0.6) is 0 Å². The molecule has 1 aromatic heterocycles. The second kappa shape index (κ2) is 6.09. The van der Waals surface area contributed by atoms with Gasteiger partial charge < -0.3 is 15.6 Å². The monoisotopic (exact) mass is 293 g/mol. The molecule has 3 N–H and O–H groups in total. The van der Waals surface area contributed by atoms with Crippen LogP contribution >= 0.6 is 0 Å². The third-order valence-corrected chi connectivity index (χ3v) is 2.66. The Morgan fingerprint density at radius 2 is 2.29 bits per heavy atom. The van der Waals surface area contributed by atoms with Gasteiger partial charge in [0.1, 0.15) is 5.69 Å². The number of nitro benzene ring substituents is 1. The minimum absolute atomic E-state index is 0.0983. The molecule has 110 valence electrons. The van der Waals surface area contributed by atoms with Gasteiger partial charge in [-0.3, -0.25) is 14.9 Å². The van der Waals surface area contributed by atoms with E-state index in [0.29, 0.717) is 13.1 Å². The third-order valence-electron chi connectivity index (χ3n) is 2.66. The molecule has 0 saturated heterocycles. The second-order valence-corrected chi connectivity index (χ2v) is 4.16. The van der Waals surface area contributed by atoms with E-state index in [2.05, 4.69) is 10.3 Å². The van der Waals surface area contributed by atoms with Crippen LogP contribution in [0.15, 0.2) is 30.7 Å². The predicted octanol–water partition coefficient (Wildman–Crippen LogP) is 1.14. The first kappa shape index (κ1) is 14.6. The van der Waals surface area contributed by atoms with E-state index in [1.807, 2.05) is 0 Å². The van der Waals surface area contributed by atoms with E-state index in [9.17, 15) is 19.3 Å². The van der Waals surface area contributed by atoms with Crippen molar-refractivity contribution >= 4 is 17.3 Å². The van der Waals surface area contributed by atoms with Crippen molar-refractivity contribution in [2.24, 2.45) is 5.73 Å². The smallest absolute Gasteiger partial charge is 0.275 e. The summed E-state index contributed by atoms with van der Waals surface area (Å²) in [5.74, 6) is -1.50. The summed E-state index contributed by atoms with van der Waals surface area (Å²) in [4.78, 5) is 25.5. The molecule has 0 aliphatic rings. The van der Waals surface area contributed by atoms with Crippen molar-refractivity contribution < 1.29 is 14.1 Å². The number of rotatable bonds is 5. The average molecular weight is 293 g/mol. The number of benzene rings is 1. The fourth-order valence-electron chi connectivity index (χ4n) is 1.65. The summed E-state index contributed by atoms with van der Waals surface area (Å²) >= 11 is 0. The Kier molecular flexibility index (Phi) is 4.24. The van der Waals surface area contributed by atoms with Crippen molar-refractivity contribution in [1.29, 1.82) is 0 Å². The standard InChI is InChI=1S/C12H12FN5O3/c13-9-5-8(18(20)21)1-2-10(9)16-12(19)11-6-17(4-3-14)7-15-11/h1-2,5-7H,3-4,14H2,(H,16,19). The first-order chi connectivity index (χ1) is 10.0. The van der Waals surface area contributed by atoms with Crippen LogP contribution in [-0.2, 0) is 6.54 Å². The highest BCUT2D eigenvalue weighted by atomic mass is 19.1. The maximum Gasteiger partial charge on any atom is 0.275 e. The van der Waals surface area contributed by atoms with E-state index >= 15 is 0 Å². The molecule has 8 nitrogen and oxygen atoms in total. The van der Waals surface area contributed by atoms with Gasteiger partial charge in [-0.25, -0.2) is 9.37 Å². The lowest BCUT2D eigenvalue weighted by atomic mass is 10.2. The second-order valence-electron chi connectivity index (χ2n) is 4.16. The van der Waals surface area contributed by atoms with E-state index < -0.39 is 22.3 Å². The van der Waals surface area contributed by atoms with E-state index in [0.717, 1.165) is 18.2 Å². The largest absolute Gasteiger partial charge is 0.335 e. The Morgan fingerprint density at radius 3 is 2.90 bits per heavy atom. The summed E-state index contributed by atoms with van der Waals surface area (Å²) in [5, 5.41) is 12.8. The predicted molar refractivity (Wildman–Crippen MR) is 72.3 cm³/mol. The molecule has 21 heavy (non-hydrogen) atoms. The Balaban J connectivity index is 2.13. The van der Waals surface area contributed by atoms with Crippen LogP contribution in [0.4, 0.5) is 15.8 Å². The molecule has 0 unspecified atom stereocenters. The van der Waals surface area contributed by atoms with Gasteiger partial charge in [0, 0.05) is 25.4 Å². The van der Waals surface area contributed by atoms with Gasteiger partial charge in [-0.05, 0) is 6.07 Å². The van der Waals surface area contributed by atoms with Gasteiger partial charge in [-0.2, -0.15) is 0 Å². The van der Waals surface area contributed by atoms with Crippen LogP contribution in [0.25, 0.3) is 0 Å². The van der Waals surface area contributed by atoms with Gasteiger partial charge >= 0.3 is 0 Å². The van der Waals surface area contributed by atoms with Crippen molar-refractivity contribution in [3.8, 4) is 0 Å². The fraction of sp³-hybridized carbons (Fsp3) is 0.167. The zero-order valence-corrected chi connectivity index (χ0v) is 10.8. The lowest BCUT2D eigenvalue weighted by Gasteiger charge is -2.04. The highest BCUT2D eigenvalue weighted by Crippen LogP contribution is 2.20. The van der Waals surface area contributed by atoms with Crippen molar-refractivity contribution in [2.75, 3.05) is 11.9 Å². The summed E-state index contributed by atoms with van der Waals surface area (Å²) in [5.41, 5.74) is 4.93. The van der Waals surface area contributed by atoms with Crippen molar-refractivity contribution in [2.45, 2.75) is 6.54 Å². The normalized spacial score (nSPS) is 10.4. The minimum atomic E-state index is -0.890. The van der Waals surface area contributed by atoms with Crippen LogP contribution in [0.2, 0.25) is 0 Å². The number of nitrogens with one attached hydrogen (secondary N) is 1. The number of anilines is 1. The van der Waals surface area contributed by atoms with Gasteiger partial charge in [0.05, 0.1) is 23.0 Å². The number of hydrogen-bond donors (Lipinski definition) is 2. The van der Waals surface area contributed by atoms with Gasteiger partial charge in [-0.1, -0.05) is 0 Å². The van der Waals surface area contributed by atoms with Crippen LogP contribution in [0.1, 0.15) is 10.5 Å². The number of non-ortho nitro benzene ring substituents is 1. The summed E-state index contributed by atoms with van der Waals surface area (Å²) < 4.78 is 15.3. The van der Waals surface area contributed by atoms with Gasteiger partial charge in [0.2, 0.25) is 0 Å². The number of amides is 1. The summed E-state index contributed by atoms with van der Waals surface area (Å²) in [6.07, 6.45) is 2.92. The number of imidazole rings is 1. The quantitative estimate of drug-likeness (QED) is 0.633. The first-order valence-corrected chi connectivity index (χ1v) is 5.98. The number of nitro groups is 1. The van der Waals surface area contributed by atoms with Crippen molar-refractivity contribution in [3.05, 3.63) is 52.3 Å². The topological polar surface area (TPSA) is 116 Å². The van der Waals surface area contributed by atoms with Gasteiger partial charge in [-0.15, -0.1) is 0 Å². The zero-order chi connectivity index (χ0) is 15.4. The van der Waals surface area contributed by atoms with Crippen molar-refractivity contribution in [1.82, 2.24) is 9.55 Å². The molecule has 2 aromatic rings. The van der Waals surface area contributed by atoms with E-state index in [4.69, 9.17) is 5.73 Å². The van der Waals surface area contributed by atoms with Crippen LogP contribution in [0, 0.1) is 15.9 Å². The van der Waals surface area contributed by atoms with Crippen LogP contribution in [-0.4, -0.2) is 26.9 Å². The molecule has 1 aromatic carbocycles. The molecule has 0 atom stereocenters. The number of carbonyl (C=O) groups excluding carboxylic acids is 1. The molecule has 2 rings (SSSR count). The summed E-state index contributed by atoms with van der Waals surface area (Å²) in [7, 11) is 0. The van der Waals surface area contributed by atoms with Gasteiger partial charge in [0.25, 0.3) is 11.6 Å². The maximum absolute atomic E-state index is 13.7. The van der Waals surface area contributed by atoms with Crippen LogP contribution < -0.4 is 11.1 Å². The lowest BCUT2D eigenvalue weighted by molar-refractivity contribution is -0.385. The minimum Gasteiger partial charge on any atom is -0.335 e. The highest BCUT2D eigenvalue weighted by molar-refractivity contribution is 6.02. The molecule has 0 aliphatic carbocycles. The molecule has 9 heteroatoms. The molecule has 0 spiro atoms. The first-order valence-electron chi connectivity index (χ1n) is 5.98. The molecular formula is C12H12FN5O3. The number of hydrogen-bond acceptors (Lipinski definition) is 5. The molecule has 0 bridgehead atoms. The summed E-state index contributed by atoms with van der Waals surface area (Å²) in [6, 6.07) is 2.97. The summed E-state index contributed by atoms with van der Waals surface area (Å²) in [6.45, 7) is 0.903. The number of nitrogens with zero attached hydrogens (tertiary/aromatic N) is 3. The van der Waals surface area contributed by atoms with E-state index in [1.165, 1.54) is 12.5 Å². The molecule has 0 saturated carbocycles. The molecule has 0 fully saturated rings. The van der Waals surface area contributed by atoms with E-state index in [1.54, 1.807) is 4.57 Å². The number of aromatic nitrogens is 2. The highest BCUT2D eigenvalue weighted by Gasteiger charge is 2.15. The fourth-order valence-corrected chi connectivity index (χ4v) is 1.65. The molecule has 1 heterocycles. The lowest BCUT2D eigenvalue weighted by Crippen LogP contribution is -2.14. The maximum atomic E-state index is 13.7. The SMILES string of the molecule is NCCn1cnc(C(=O)Nc2ccc([N+](=O)[O-])cc2F)c1. The Morgan fingerprint density at radius 1 is 1.52 bits per heavy atom. The number of carbonyl (C=O) groups is 1. The zero-order valence-electron chi connectivity index (χ0n) is 10.8. The number of halogens is 1. The van der Waals surface area contributed by atoms with Gasteiger partial charge in [0.15, 0.2) is 5.82 Å². The molecular weight excluding hydrogens is 281 g/mol. The average Bonchev–Trinajstić information content (AvgIpc) is 2.90. The van der Waals surface area contributed by atoms with E-state index in [-0.39, 0.29) is 11.4 Å². The Bertz CT molecular complexity index is 685. The number of nitrogens with two attached hydrogens (primary N) is 1. The van der Waals surface area contributed by atoms with Crippen molar-refractivity contribution in [3.63, 3.8) is 0 Å². The Hall–Kier alpha value is -2.81. The molecule has 0 radical (unpaired) electrons. The Labute approximate surface area is 118 Å². The third kappa shape index (κ3) is 3.39.